The summed E-state index contributed by atoms with van der Waals surface area (Å²) in [6.45, 7) is 0.127. The molecule has 0 aliphatic carbocycles. The summed E-state index contributed by atoms with van der Waals surface area (Å²) in [5.41, 5.74) is 6.04. The third-order valence-corrected chi connectivity index (χ3v) is 2.11. The van der Waals surface area contributed by atoms with Crippen molar-refractivity contribution in [2.24, 2.45) is 0 Å². The average Bonchev–Trinajstić information content (AvgIpc) is 2.09. The summed E-state index contributed by atoms with van der Waals surface area (Å²) in [6.07, 6.45) is 0. The zero-order chi connectivity index (χ0) is 9.84. The molecule has 3 nitrogen and oxygen atoms in total. The maximum atomic E-state index is 5.76. The first-order valence-corrected chi connectivity index (χ1v) is 4.27. The highest BCUT2D eigenvalue weighted by Gasteiger charge is 2.05. The van der Waals surface area contributed by atoms with Gasteiger partial charge in [0.05, 0.1) is 15.7 Å². The Morgan fingerprint density at radius 1 is 1.31 bits per heavy atom. The number of hydrogen-bond acceptors (Lipinski definition) is 3. The molecule has 0 heterocycles. The number of methoxy groups -OCH3 is 1. The van der Waals surface area contributed by atoms with Crippen LogP contribution in [0.3, 0.4) is 0 Å². The van der Waals surface area contributed by atoms with E-state index in [1.54, 1.807) is 6.07 Å². The van der Waals surface area contributed by atoms with Gasteiger partial charge in [-0.3, -0.25) is 0 Å². The number of benzene rings is 1. The second-order valence-electron chi connectivity index (χ2n) is 2.36. The maximum absolute atomic E-state index is 5.76. The fourth-order valence-corrected chi connectivity index (χ4v) is 1.12. The summed E-state index contributed by atoms with van der Waals surface area (Å²) in [7, 11) is 1.52. The zero-order valence-electron chi connectivity index (χ0n) is 7.01. The molecule has 0 fully saturated rings. The quantitative estimate of drug-likeness (QED) is 0.631. The van der Waals surface area contributed by atoms with Gasteiger partial charge in [-0.1, -0.05) is 23.2 Å². The number of nitrogen functional groups attached to an aromatic ring is 1. The molecule has 2 N–H and O–H groups in total. The molecule has 0 saturated carbocycles. The summed E-state index contributed by atoms with van der Waals surface area (Å²) < 4.78 is 9.85. The van der Waals surface area contributed by atoms with Gasteiger partial charge in [0.25, 0.3) is 0 Å². The Kier molecular flexibility index (Phi) is 3.66. The third kappa shape index (κ3) is 2.66. The number of hydrogen-bond donors (Lipinski definition) is 1. The van der Waals surface area contributed by atoms with Crippen LogP contribution in [0.5, 0.6) is 5.75 Å². The molecule has 13 heavy (non-hydrogen) atoms. The third-order valence-electron chi connectivity index (χ3n) is 1.38. The van der Waals surface area contributed by atoms with Gasteiger partial charge in [0.1, 0.15) is 5.75 Å². The normalized spacial score (nSPS) is 10.1. The van der Waals surface area contributed by atoms with E-state index in [9.17, 15) is 0 Å². The van der Waals surface area contributed by atoms with Gasteiger partial charge in [-0.25, -0.2) is 0 Å². The summed E-state index contributed by atoms with van der Waals surface area (Å²) in [5.74, 6) is 0.469. The Hall–Kier alpha value is -0.640. The van der Waals surface area contributed by atoms with Crippen molar-refractivity contribution in [1.29, 1.82) is 0 Å². The number of halogens is 2. The second kappa shape index (κ2) is 4.56. The molecule has 0 bridgehead atoms. The van der Waals surface area contributed by atoms with Crippen molar-refractivity contribution < 1.29 is 9.47 Å². The number of anilines is 1. The van der Waals surface area contributed by atoms with Crippen LogP contribution in [0.25, 0.3) is 0 Å². The summed E-state index contributed by atoms with van der Waals surface area (Å²) in [6, 6.07) is 3.09. The number of nitrogens with two attached hydrogens (primary N) is 1. The molecule has 0 unspecified atom stereocenters. The largest absolute Gasteiger partial charge is 0.465 e. The van der Waals surface area contributed by atoms with Crippen LogP contribution in [0, 0.1) is 0 Å². The van der Waals surface area contributed by atoms with Gasteiger partial charge in [-0.15, -0.1) is 0 Å². The van der Waals surface area contributed by atoms with Gasteiger partial charge in [-0.2, -0.15) is 0 Å². The van der Waals surface area contributed by atoms with E-state index >= 15 is 0 Å². The van der Waals surface area contributed by atoms with E-state index in [4.69, 9.17) is 38.4 Å². The van der Waals surface area contributed by atoms with Crippen LogP contribution < -0.4 is 10.5 Å². The lowest BCUT2D eigenvalue weighted by atomic mass is 10.3. The Morgan fingerprint density at radius 2 is 1.92 bits per heavy atom. The van der Waals surface area contributed by atoms with Gasteiger partial charge in [0, 0.05) is 13.2 Å². The second-order valence-corrected chi connectivity index (χ2v) is 3.17. The first-order valence-electron chi connectivity index (χ1n) is 3.51. The molecule has 72 valence electrons. The monoisotopic (exact) mass is 221 g/mol. The van der Waals surface area contributed by atoms with E-state index in [1.807, 2.05) is 0 Å². The lowest BCUT2D eigenvalue weighted by Gasteiger charge is -2.08. The summed E-state index contributed by atoms with van der Waals surface area (Å²) in [5, 5.41) is 0.811. The molecule has 5 heteroatoms. The van der Waals surface area contributed by atoms with Gasteiger partial charge in [0.2, 0.25) is 0 Å². The molecule has 0 amide bonds. The highest BCUT2D eigenvalue weighted by Crippen LogP contribution is 2.32. The maximum Gasteiger partial charge on any atom is 0.188 e. The van der Waals surface area contributed by atoms with Crippen LogP contribution in [0.15, 0.2) is 12.1 Å². The molecule has 1 rings (SSSR count). The van der Waals surface area contributed by atoms with Gasteiger partial charge >= 0.3 is 0 Å². The molecular formula is C8H9Cl2NO2. The first kappa shape index (κ1) is 10.4. The van der Waals surface area contributed by atoms with Crippen LogP contribution in [-0.2, 0) is 4.74 Å². The summed E-state index contributed by atoms with van der Waals surface area (Å²) >= 11 is 11.5. The Bertz CT molecular complexity index is 304. The lowest BCUT2D eigenvalue weighted by molar-refractivity contribution is 0.0517. The molecule has 0 radical (unpaired) electrons. The van der Waals surface area contributed by atoms with E-state index in [-0.39, 0.29) is 6.79 Å². The topological polar surface area (TPSA) is 44.5 Å². The van der Waals surface area contributed by atoms with Crippen molar-refractivity contribution in [3.63, 3.8) is 0 Å². The van der Waals surface area contributed by atoms with Crippen LogP contribution in [0.4, 0.5) is 5.69 Å². The lowest BCUT2D eigenvalue weighted by Crippen LogP contribution is -2.01. The fourth-order valence-electron chi connectivity index (χ4n) is 0.791. The van der Waals surface area contributed by atoms with Crippen molar-refractivity contribution >= 4 is 28.9 Å². The highest BCUT2D eigenvalue weighted by atomic mass is 35.5. The molecular weight excluding hydrogens is 213 g/mol. The molecule has 0 saturated heterocycles. The van der Waals surface area contributed by atoms with Gasteiger partial charge < -0.3 is 15.2 Å². The molecule has 1 aromatic carbocycles. The van der Waals surface area contributed by atoms with E-state index in [0.717, 1.165) is 0 Å². The summed E-state index contributed by atoms with van der Waals surface area (Å²) in [4.78, 5) is 0. The van der Waals surface area contributed by atoms with Crippen molar-refractivity contribution in [1.82, 2.24) is 0 Å². The first-order chi connectivity index (χ1) is 6.15. The Labute approximate surface area is 86.3 Å². The van der Waals surface area contributed by atoms with Crippen LogP contribution in [0.2, 0.25) is 10.0 Å². The minimum atomic E-state index is 0.127. The molecule has 0 aromatic heterocycles. The minimum Gasteiger partial charge on any atom is -0.465 e. The van der Waals surface area contributed by atoms with Crippen molar-refractivity contribution in [3.8, 4) is 5.75 Å². The number of rotatable bonds is 3. The Balaban J connectivity index is 2.88. The predicted molar refractivity (Wildman–Crippen MR) is 53.4 cm³/mol. The average molecular weight is 222 g/mol. The zero-order valence-corrected chi connectivity index (χ0v) is 8.52. The van der Waals surface area contributed by atoms with Crippen molar-refractivity contribution in [2.75, 3.05) is 19.6 Å². The smallest absolute Gasteiger partial charge is 0.188 e. The predicted octanol–water partition coefficient (Wildman–Crippen LogP) is 2.56. The van der Waals surface area contributed by atoms with E-state index < -0.39 is 0 Å². The van der Waals surface area contributed by atoms with E-state index in [2.05, 4.69) is 0 Å². The SMILES string of the molecule is COCOc1cc(Cl)c(Cl)cc1N. The standard InChI is InChI=1S/C8H9Cl2NO2/c1-12-4-13-8-3-6(10)5(9)2-7(8)11/h2-3H,4,11H2,1H3. The van der Waals surface area contributed by atoms with Gasteiger partial charge in [-0.05, 0) is 6.07 Å². The minimum absolute atomic E-state index is 0.127. The van der Waals surface area contributed by atoms with Crippen LogP contribution in [-0.4, -0.2) is 13.9 Å². The molecule has 0 spiro atoms. The van der Waals surface area contributed by atoms with Gasteiger partial charge in [0.15, 0.2) is 6.79 Å². The molecule has 0 atom stereocenters. The van der Waals surface area contributed by atoms with E-state index in [0.29, 0.717) is 21.5 Å². The van der Waals surface area contributed by atoms with Crippen molar-refractivity contribution in [3.05, 3.63) is 22.2 Å². The molecule has 0 aliphatic heterocycles. The fraction of sp³-hybridized carbons (Fsp3) is 0.250. The van der Waals surface area contributed by atoms with Crippen molar-refractivity contribution in [2.45, 2.75) is 0 Å². The highest BCUT2D eigenvalue weighted by molar-refractivity contribution is 6.42. The van der Waals surface area contributed by atoms with Crippen LogP contribution >= 0.6 is 23.2 Å². The molecule has 1 aromatic rings. The number of ether oxygens (including phenoxy) is 2. The Morgan fingerprint density at radius 3 is 2.54 bits per heavy atom. The van der Waals surface area contributed by atoms with E-state index in [1.165, 1.54) is 13.2 Å². The van der Waals surface area contributed by atoms with Crippen LogP contribution in [0.1, 0.15) is 0 Å². The molecule has 0 aliphatic rings.